The fourth-order valence-electron chi connectivity index (χ4n) is 2.54. The van der Waals surface area contributed by atoms with E-state index in [9.17, 15) is 18.0 Å². The number of nitrogens with one attached hydrogen (secondary N) is 1. The maximum Gasteiger partial charge on any atom is 0.416 e. The van der Waals surface area contributed by atoms with Crippen molar-refractivity contribution < 1.29 is 32.2 Å². The second-order valence-corrected chi connectivity index (χ2v) is 6.18. The summed E-state index contributed by atoms with van der Waals surface area (Å²) in [5.41, 5.74) is 0.000599. The Morgan fingerprint density at radius 3 is 2.11 bits per heavy atom. The smallest absolute Gasteiger partial charge is 0.416 e. The number of methoxy groups -OCH3 is 3. The molecule has 0 radical (unpaired) electrons. The van der Waals surface area contributed by atoms with E-state index < -0.39 is 17.6 Å². The Bertz CT molecular complexity index is 831. The van der Waals surface area contributed by atoms with E-state index in [1.807, 2.05) is 0 Å². The molecule has 2 rings (SSSR count). The van der Waals surface area contributed by atoms with Crippen molar-refractivity contribution in [1.82, 2.24) is 0 Å². The normalized spacial score (nSPS) is 11.1. The maximum atomic E-state index is 12.7. The molecule has 5 nitrogen and oxygen atoms in total. The van der Waals surface area contributed by atoms with Gasteiger partial charge >= 0.3 is 6.18 Å². The van der Waals surface area contributed by atoms with Gasteiger partial charge in [-0.1, -0.05) is 11.6 Å². The van der Waals surface area contributed by atoms with Crippen molar-refractivity contribution >= 4 is 23.2 Å². The Kier molecular flexibility index (Phi) is 7.01. The van der Waals surface area contributed by atoms with Gasteiger partial charge in [0.05, 0.1) is 37.6 Å². The molecule has 0 saturated carbocycles. The van der Waals surface area contributed by atoms with E-state index in [1.165, 1.54) is 21.3 Å². The molecule has 152 valence electrons. The van der Waals surface area contributed by atoms with Crippen LogP contribution in [0.25, 0.3) is 0 Å². The quantitative estimate of drug-likeness (QED) is 0.692. The van der Waals surface area contributed by atoms with Crippen molar-refractivity contribution in [1.29, 1.82) is 0 Å². The summed E-state index contributed by atoms with van der Waals surface area (Å²) < 4.78 is 53.8. The monoisotopic (exact) mass is 417 g/mol. The summed E-state index contributed by atoms with van der Waals surface area (Å²) in [6, 6.07) is 6.21. The zero-order valence-electron chi connectivity index (χ0n) is 15.4. The minimum atomic E-state index is -4.50. The fourth-order valence-corrected chi connectivity index (χ4v) is 2.77. The molecule has 0 atom stereocenters. The van der Waals surface area contributed by atoms with E-state index in [2.05, 4.69) is 5.32 Å². The number of aryl methyl sites for hydroxylation is 1. The third-order valence-corrected chi connectivity index (χ3v) is 4.25. The standard InChI is InChI=1S/C19H19ClF3NO4/c1-26-15-8-11(9-16(27-2)18(15)28-3)4-7-17(25)24-14-6-5-12(10-13(14)20)19(21,22)23/h5-6,8-10H,4,7H2,1-3H3,(H,24,25). The minimum absolute atomic E-state index is 0.0794. The molecule has 0 heterocycles. The van der Waals surface area contributed by atoms with Crippen molar-refractivity contribution in [2.24, 2.45) is 0 Å². The molecule has 1 amide bonds. The van der Waals surface area contributed by atoms with E-state index >= 15 is 0 Å². The van der Waals surface area contributed by atoms with Crippen molar-refractivity contribution in [3.05, 3.63) is 46.5 Å². The number of halogens is 4. The van der Waals surface area contributed by atoms with Crippen molar-refractivity contribution in [3.8, 4) is 17.2 Å². The van der Waals surface area contributed by atoms with E-state index in [-0.39, 0.29) is 17.1 Å². The molecule has 0 aromatic heterocycles. The van der Waals surface area contributed by atoms with Crippen LogP contribution in [0.15, 0.2) is 30.3 Å². The number of hydrogen-bond donors (Lipinski definition) is 1. The number of benzene rings is 2. The Morgan fingerprint density at radius 1 is 1.04 bits per heavy atom. The first-order chi connectivity index (χ1) is 13.2. The zero-order valence-corrected chi connectivity index (χ0v) is 16.2. The van der Waals surface area contributed by atoms with Gasteiger partial charge < -0.3 is 19.5 Å². The second-order valence-electron chi connectivity index (χ2n) is 5.77. The molecule has 9 heteroatoms. The van der Waals surface area contributed by atoms with Gasteiger partial charge in [0.15, 0.2) is 11.5 Å². The fraction of sp³-hybridized carbons (Fsp3) is 0.316. The van der Waals surface area contributed by atoms with Crippen LogP contribution in [-0.2, 0) is 17.4 Å². The van der Waals surface area contributed by atoms with Crippen LogP contribution < -0.4 is 19.5 Å². The second kappa shape index (κ2) is 9.05. The number of carbonyl (C=O) groups is 1. The Labute approximate surface area is 165 Å². The lowest BCUT2D eigenvalue weighted by Crippen LogP contribution is -2.13. The maximum absolute atomic E-state index is 12.7. The van der Waals surface area contributed by atoms with Crippen molar-refractivity contribution in [2.75, 3.05) is 26.6 Å². The molecule has 0 spiro atoms. The number of alkyl halides is 3. The van der Waals surface area contributed by atoms with E-state index in [1.54, 1.807) is 12.1 Å². The number of amides is 1. The molecule has 0 bridgehead atoms. The molecule has 0 aliphatic rings. The van der Waals surface area contributed by atoms with Crippen LogP contribution in [0.1, 0.15) is 17.5 Å². The highest BCUT2D eigenvalue weighted by Crippen LogP contribution is 2.38. The van der Waals surface area contributed by atoms with E-state index in [4.69, 9.17) is 25.8 Å². The van der Waals surface area contributed by atoms with Gasteiger partial charge in [0.1, 0.15) is 0 Å². The van der Waals surface area contributed by atoms with Gasteiger partial charge in [-0.05, 0) is 42.3 Å². The summed E-state index contributed by atoms with van der Waals surface area (Å²) >= 11 is 5.85. The summed E-state index contributed by atoms with van der Waals surface area (Å²) in [7, 11) is 4.46. The van der Waals surface area contributed by atoms with Gasteiger partial charge in [0.2, 0.25) is 11.7 Å². The zero-order chi connectivity index (χ0) is 20.9. The summed E-state index contributed by atoms with van der Waals surface area (Å²) in [6.07, 6.45) is -4.07. The Morgan fingerprint density at radius 2 is 1.64 bits per heavy atom. The van der Waals surface area contributed by atoms with Crippen LogP contribution in [0.3, 0.4) is 0 Å². The van der Waals surface area contributed by atoms with E-state index in [0.717, 1.165) is 23.8 Å². The number of carbonyl (C=O) groups excluding carboxylic acids is 1. The highest BCUT2D eigenvalue weighted by molar-refractivity contribution is 6.33. The van der Waals surface area contributed by atoms with Crippen molar-refractivity contribution in [3.63, 3.8) is 0 Å². The van der Waals surface area contributed by atoms with E-state index in [0.29, 0.717) is 23.7 Å². The summed E-state index contributed by atoms with van der Waals surface area (Å²) in [6.45, 7) is 0. The van der Waals surface area contributed by atoms with Gasteiger partial charge in [-0.15, -0.1) is 0 Å². The summed E-state index contributed by atoms with van der Waals surface area (Å²) in [4.78, 5) is 12.2. The molecule has 0 fully saturated rings. The van der Waals surface area contributed by atoms with Gasteiger partial charge in [-0.2, -0.15) is 13.2 Å². The van der Waals surface area contributed by atoms with Crippen LogP contribution in [0.2, 0.25) is 5.02 Å². The van der Waals surface area contributed by atoms with Crippen LogP contribution >= 0.6 is 11.6 Å². The molecular formula is C19H19ClF3NO4. The number of rotatable bonds is 7. The predicted octanol–water partition coefficient (Wildman–Crippen LogP) is 4.96. The van der Waals surface area contributed by atoms with Gasteiger partial charge in [0.25, 0.3) is 0 Å². The van der Waals surface area contributed by atoms with Crippen LogP contribution in [0.5, 0.6) is 17.2 Å². The molecule has 1 N–H and O–H groups in total. The highest BCUT2D eigenvalue weighted by Gasteiger charge is 2.31. The lowest BCUT2D eigenvalue weighted by atomic mass is 10.1. The minimum Gasteiger partial charge on any atom is -0.493 e. The van der Waals surface area contributed by atoms with Crippen molar-refractivity contribution in [2.45, 2.75) is 19.0 Å². The SMILES string of the molecule is COc1cc(CCC(=O)Nc2ccc(C(F)(F)F)cc2Cl)cc(OC)c1OC. The molecule has 2 aromatic rings. The largest absolute Gasteiger partial charge is 0.493 e. The average molecular weight is 418 g/mol. The molecule has 0 aliphatic heterocycles. The number of ether oxygens (including phenoxy) is 3. The topological polar surface area (TPSA) is 56.8 Å². The average Bonchev–Trinajstić information content (AvgIpc) is 2.66. The van der Waals surface area contributed by atoms with Crippen LogP contribution in [0, 0.1) is 0 Å². The van der Waals surface area contributed by atoms with Gasteiger partial charge in [-0.3, -0.25) is 4.79 Å². The van der Waals surface area contributed by atoms with Crippen LogP contribution in [0.4, 0.5) is 18.9 Å². The molecule has 0 unspecified atom stereocenters. The summed E-state index contributed by atoms with van der Waals surface area (Å²) in [5.74, 6) is 0.969. The molecule has 2 aromatic carbocycles. The van der Waals surface area contributed by atoms with Gasteiger partial charge in [-0.25, -0.2) is 0 Å². The Hall–Kier alpha value is -2.61. The number of hydrogen-bond acceptors (Lipinski definition) is 4. The third kappa shape index (κ3) is 5.22. The highest BCUT2D eigenvalue weighted by atomic mass is 35.5. The predicted molar refractivity (Wildman–Crippen MR) is 99.5 cm³/mol. The molecular weight excluding hydrogens is 399 g/mol. The molecule has 28 heavy (non-hydrogen) atoms. The van der Waals surface area contributed by atoms with Gasteiger partial charge in [0, 0.05) is 6.42 Å². The first-order valence-electron chi connectivity index (χ1n) is 8.15. The first kappa shape index (κ1) is 21.7. The number of anilines is 1. The lowest BCUT2D eigenvalue weighted by Gasteiger charge is -2.14. The third-order valence-electron chi connectivity index (χ3n) is 3.94. The Balaban J connectivity index is 2.07. The first-order valence-corrected chi connectivity index (χ1v) is 8.52. The van der Waals surface area contributed by atoms with Crippen LogP contribution in [-0.4, -0.2) is 27.2 Å². The molecule has 0 saturated heterocycles. The lowest BCUT2D eigenvalue weighted by molar-refractivity contribution is -0.137. The molecule has 0 aliphatic carbocycles. The summed E-state index contributed by atoms with van der Waals surface area (Å²) in [5, 5.41) is 2.33.